The molecule has 0 saturated carbocycles. The van der Waals surface area contributed by atoms with Gasteiger partial charge in [-0.05, 0) is 18.2 Å². The van der Waals surface area contributed by atoms with Crippen LogP contribution in [0.4, 0.5) is 26.3 Å². The number of ether oxygens (including phenoxy) is 1. The summed E-state index contributed by atoms with van der Waals surface area (Å²) < 4.78 is 82.3. The number of hydrogen-bond acceptors (Lipinski definition) is 2. The van der Waals surface area contributed by atoms with Crippen molar-refractivity contribution >= 4 is 0 Å². The summed E-state index contributed by atoms with van der Waals surface area (Å²) in [7, 11) is 1.48. The van der Waals surface area contributed by atoms with Gasteiger partial charge in [-0.1, -0.05) is 0 Å². The third-order valence-corrected chi connectivity index (χ3v) is 2.60. The Hall–Kier alpha value is -2.19. The topological polar surface area (TPSA) is 27.1 Å². The summed E-state index contributed by atoms with van der Waals surface area (Å²) in [5.74, 6) is -0.262. The van der Waals surface area contributed by atoms with E-state index in [2.05, 4.69) is 5.10 Å². The number of aromatic nitrogens is 2. The third-order valence-electron chi connectivity index (χ3n) is 2.60. The molecule has 1 aromatic carbocycles. The van der Waals surface area contributed by atoms with Crippen LogP contribution in [-0.2, 0) is 19.4 Å². The van der Waals surface area contributed by atoms with Gasteiger partial charge in [0.1, 0.15) is 5.75 Å². The number of halogens is 6. The largest absolute Gasteiger partial charge is 0.439 e. The normalized spacial score (nSPS) is 12.5. The fraction of sp³-hybridized carbons (Fsp3) is 0.250. The zero-order chi connectivity index (χ0) is 15.8. The molecule has 9 heteroatoms. The summed E-state index contributed by atoms with van der Waals surface area (Å²) in [6, 6.07) is 2.85. The van der Waals surface area contributed by atoms with Crippen LogP contribution in [0.1, 0.15) is 11.1 Å². The molecule has 0 aliphatic heterocycles. The van der Waals surface area contributed by atoms with E-state index >= 15 is 0 Å². The molecule has 0 N–H and O–H groups in total. The van der Waals surface area contributed by atoms with Gasteiger partial charge in [0.25, 0.3) is 0 Å². The molecule has 21 heavy (non-hydrogen) atoms. The van der Waals surface area contributed by atoms with Crippen LogP contribution in [0, 0.1) is 0 Å². The van der Waals surface area contributed by atoms with Crippen molar-refractivity contribution in [1.82, 2.24) is 9.78 Å². The molecule has 1 aromatic heterocycles. The quantitative estimate of drug-likeness (QED) is 0.775. The van der Waals surface area contributed by atoms with Crippen molar-refractivity contribution in [2.45, 2.75) is 12.4 Å². The molecule has 3 nitrogen and oxygen atoms in total. The van der Waals surface area contributed by atoms with Gasteiger partial charge in [-0.3, -0.25) is 0 Å². The van der Waals surface area contributed by atoms with Gasteiger partial charge < -0.3 is 4.74 Å². The average Bonchev–Trinajstić information content (AvgIpc) is 2.72. The lowest BCUT2D eigenvalue weighted by Gasteiger charge is -2.16. The van der Waals surface area contributed by atoms with E-state index in [0.29, 0.717) is 12.1 Å². The van der Waals surface area contributed by atoms with Crippen LogP contribution in [-0.4, -0.2) is 9.78 Å². The van der Waals surface area contributed by atoms with Crippen molar-refractivity contribution in [3.8, 4) is 11.6 Å². The third kappa shape index (κ3) is 3.29. The predicted octanol–water partition coefficient (Wildman–Crippen LogP) is 4.25. The van der Waals surface area contributed by atoms with E-state index in [-0.39, 0.29) is 11.6 Å². The van der Waals surface area contributed by atoms with Crippen molar-refractivity contribution < 1.29 is 31.1 Å². The van der Waals surface area contributed by atoms with Crippen molar-refractivity contribution in [3.05, 3.63) is 41.6 Å². The van der Waals surface area contributed by atoms with Crippen molar-refractivity contribution in [2.24, 2.45) is 7.05 Å². The Bertz CT molecular complexity index is 644. The highest BCUT2D eigenvalue weighted by atomic mass is 19.4. The Balaban J connectivity index is 2.45. The smallest absolute Gasteiger partial charge is 0.417 e. The number of hydrogen-bond donors (Lipinski definition) is 0. The molecule has 114 valence electrons. The Kier molecular flexibility index (Phi) is 3.60. The van der Waals surface area contributed by atoms with Crippen LogP contribution in [0.25, 0.3) is 0 Å². The second-order valence-electron chi connectivity index (χ2n) is 4.10. The molecular formula is C12H8F6N2O. The van der Waals surface area contributed by atoms with Crippen molar-refractivity contribution in [1.29, 1.82) is 0 Å². The second kappa shape index (κ2) is 4.97. The first-order valence-corrected chi connectivity index (χ1v) is 5.53. The minimum atomic E-state index is -5.14. The number of benzene rings is 1. The molecule has 0 aliphatic carbocycles. The maximum absolute atomic E-state index is 12.7. The monoisotopic (exact) mass is 310 g/mol. The van der Waals surface area contributed by atoms with Gasteiger partial charge in [0.2, 0.25) is 5.88 Å². The number of nitrogens with zero attached hydrogens (tertiary/aromatic N) is 2. The van der Waals surface area contributed by atoms with Crippen molar-refractivity contribution in [3.63, 3.8) is 0 Å². The van der Waals surface area contributed by atoms with Gasteiger partial charge in [-0.2, -0.15) is 31.4 Å². The zero-order valence-electron chi connectivity index (χ0n) is 10.5. The van der Waals surface area contributed by atoms with E-state index in [0.717, 1.165) is 6.07 Å². The molecule has 0 amide bonds. The van der Waals surface area contributed by atoms with Gasteiger partial charge in [0.05, 0.1) is 17.3 Å². The SMILES string of the molecule is Cn1nccc1Oc1ccc(C(F)(F)F)c(C(F)(F)F)c1. The molecule has 0 spiro atoms. The van der Waals surface area contributed by atoms with Crippen molar-refractivity contribution in [2.75, 3.05) is 0 Å². The van der Waals surface area contributed by atoms with Gasteiger partial charge in [-0.15, -0.1) is 0 Å². The maximum Gasteiger partial charge on any atom is 0.417 e. The summed E-state index contributed by atoms with van der Waals surface area (Å²) in [6.07, 6.45) is -8.91. The average molecular weight is 310 g/mol. The molecule has 0 unspecified atom stereocenters. The second-order valence-corrected chi connectivity index (χ2v) is 4.10. The molecule has 0 saturated heterocycles. The van der Waals surface area contributed by atoms with Crippen LogP contribution in [0.15, 0.2) is 30.5 Å². The van der Waals surface area contributed by atoms with Gasteiger partial charge in [0, 0.05) is 13.1 Å². The van der Waals surface area contributed by atoms with E-state index in [4.69, 9.17) is 4.74 Å². The minimum Gasteiger partial charge on any atom is -0.439 e. The highest BCUT2D eigenvalue weighted by Gasteiger charge is 2.43. The molecule has 0 aliphatic rings. The first-order chi connectivity index (χ1) is 9.59. The van der Waals surface area contributed by atoms with Crippen LogP contribution >= 0.6 is 0 Å². The number of aryl methyl sites for hydroxylation is 1. The van der Waals surface area contributed by atoms with E-state index in [9.17, 15) is 26.3 Å². The highest BCUT2D eigenvalue weighted by Crippen LogP contribution is 2.42. The molecule has 2 aromatic rings. The fourth-order valence-corrected chi connectivity index (χ4v) is 1.65. The van der Waals surface area contributed by atoms with Crippen LogP contribution in [0.2, 0.25) is 0 Å². The minimum absolute atomic E-state index is 0.0999. The summed E-state index contributed by atoms with van der Waals surface area (Å²) in [6.45, 7) is 0. The lowest BCUT2D eigenvalue weighted by molar-refractivity contribution is -0.162. The highest BCUT2D eigenvalue weighted by molar-refractivity contribution is 5.40. The number of alkyl halides is 6. The van der Waals surface area contributed by atoms with Gasteiger partial charge in [-0.25, -0.2) is 4.68 Å². The van der Waals surface area contributed by atoms with Crippen LogP contribution in [0.3, 0.4) is 0 Å². The number of rotatable bonds is 2. The maximum atomic E-state index is 12.7. The van der Waals surface area contributed by atoms with E-state index in [1.54, 1.807) is 0 Å². The summed E-state index contributed by atoms with van der Waals surface area (Å²) in [5.41, 5.74) is -3.55. The van der Waals surface area contributed by atoms with Crippen LogP contribution < -0.4 is 4.74 Å². The molecule has 0 atom stereocenters. The molecule has 0 fully saturated rings. The Morgan fingerprint density at radius 2 is 1.57 bits per heavy atom. The lowest BCUT2D eigenvalue weighted by atomic mass is 10.1. The van der Waals surface area contributed by atoms with E-state index in [1.807, 2.05) is 0 Å². The lowest BCUT2D eigenvalue weighted by Crippen LogP contribution is -2.16. The van der Waals surface area contributed by atoms with E-state index in [1.165, 1.54) is 24.0 Å². The zero-order valence-corrected chi connectivity index (χ0v) is 10.5. The molecular weight excluding hydrogens is 302 g/mol. The molecule has 0 radical (unpaired) electrons. The molecule has 0 bridgehead atoms. The van der Waals surface area contributed by atoms with Crippen LogP contribution in [0.5, 0.6) is 11.6 Å². The Morgan fingerprint density at radius 1 is 0.952 bits per heavy atom. The van der Waals surface area contributed by atoms with E-state index < -0.39 is 23.5 Å². The summed E-state index contributed by atoms with van der Waals surface area (Å²) >= 11 is 0. The van der Waals surface area contributed by atoms with Gasteiger partial charge >= 0.3 is 12.4 Å². The molecule has 1 heterocycles. The standard InChI is InChI=1S/C12H8F6N2O/c1-20-10(4-5-19-20)21-7-2-3-8(11(13,14)15)9(6-7)12(16,17)18/h2-6H,1H3. The summed E-state index contributed by atoms with van der Waals surface area (Å²) in [5, 5.41) is 3.73. The predicted molar refractivity (Wildman–Crippen MR) is 59.7 cm³/mol. The fourth-order valence-electron chi connectivity index (χ4n) is 1.65. The molecule has 2 rings (SSSR count). The Labute approximate surface area is 114 Å². The Morgan fingerprint density at radius 3 is 2.05 bits per heavy atom. The van der Waals surface area contributed by atoms with Gasteiger partial charge in [0.15, 0.2) is 0 Å². The first-order valence-electron chi connectivity index (χ1n) is 5.53. The summed E-state index contributed by atoms with van der Waals surface area (Å²) in [4.78, 5) is 0. The first kappa shape index (κ1) is 15.2.